The molecule has 0 radical (unpaired) electrons. The maximum Gasteiger partial charge on any atom is 0.411 e. The summed E-state index contributed by atoms with van der Waals surface area (Å²) in [4.78, 5) is 14.6. The number of aryl methyl sites for hydroxylation is 1. The first-order valence-electron chi connectivity index (χ1n) is 9.08. The molecule has 1 saturated carbocycles. The second kappa shape index (κ2) is 6.60. The highest BCUT2D eigenvalue weighted by atomic mass is 19.1. The fourth-order valence-electron chi connectivity index (χ4n) is 4.04. The van der Waals surface area contributed by atoms with Crippen molar-refractivity contribution in [1.29, 1.82) is 0 Å². The number of benzene rings is 2. The molecule has 1 N–H and O–H groups in total. The van der Waals surface area contributed by atoms with Gasteiger partial charge in [-0.2, -0.15) is 0 Å². The predicted octanol–water partition coefficient (Wildman–Crippen LogP) is 4.58. The van der Waals surface area contributed by atoms with Crippen molar-refractivity contribution in [3.63, 3.8) is 0 Å². The van der Waals surface area contributed by atoms with Crippen LogP contribution in [-0.4, -0.2) is 37.2 Å². The first-order chi connectivity index (χ1) is 12.8. The van der Waals surface area contributed by atoms with Crippen LogP contribution < -0.4 is 5.32 Å². The Morgan fingerprint density at radius 2 is 2.04 bits per heavy atom. The van der Waals surface area contributed by atoms with Crippen LogP contribution in [0.1, 0.15) is 18.4 Å². The van der Waals surface area contributed by atoms with Crippen molar-refractivity contribution in [1.82, 2.24) is 4.90 Å². The highest BCUT2D eigenvalue weighted by Gasteiger charge is 2.59. The Bertz CT molecular complexity index is 881. The van der Waals surface area contributed by atoms with Gasteiger partial charge in [-0.15, -0.1) is 0 Å². The quantitative estimate of drug-likeness (QED) is 0.857. The summed E-state index contributed by atoms with van der Waals surface area (Å²) in [5.74, 6) is -0.867. The largest absolute Gasteiger partial charge is 0.445 e. The number of nitrogens with one attached hydrogen (secondary N) is 1. The number of hydrogen-bond donors (Lipinski definition) is 1. The second-order valence-electron chi connectivity index (χ2n) is 7.78. The van der Waals surface area contributed by atoms with Crippen LogP contribution in [-0.2, 0) is 4.74 Å². The molecule has 2 atom stereocenters. The van der Waals surface area contributed by atoms with Gasteiger partial charge in [-0.05, 0) is 74.8 Å². The van der Waals surface area contributed by atoms with Gasteiger partial charge in [-0.3, -0.25) is 5.32 Å². The third kappa shape index (κ3) is 3.67. The van der Waals surface area contributed by atoms with Gasteiger partial charge in [0.15, 0.2) is 0 Å². The lowest BCUT2D eigenvalue weighted by molar-refractivity contribution is 0.136. The SMILES string of the molecule is Cc1cc(F)cc(-c2cc(F)ccc2NC(=O)O[C@H]2CC23CCN(C)C3)c1. The fraction of sp³-hybridized carbons (Fsp3) is 0.381. The number of nitrogens with zero attached hydrogens (tertiary/aromatic N) is 1. The molecule has 2 aliphatic rings. The van der Waals surface area contributed by atoms with Crippen LogP contribution in [0.5, 0.6) is 0 Å². The van der Waals surface area contributed by atoms with Crippen molar-refractivity contribution in [3.8, 4) is 11.1 Å². The average molecular weight is 372 g/mol. The Labute approximate surface area is 157 Å². The minimum atomic E-state index is -0.563. The van der Waals surface area contributed by atoms with E-state index >= 15 is 0 Å². The van der Waals surface area contributed by atoms with Crippen LogP contribution in [0.4, 0.5) is 19.3 Å². The van der Waals surface area contributed by atoms with E-state index in [1.54, 1.807) is 13.0 Å². The number of rotatable bonds is 3. The number of hydrogen-bond acceptors (Lipinski definition) is 3. The summed E-state index contributed by atoms with van der Waals surface area (Å²) in [6.07, 6.45) is 1.27. The zero-order valence-electron chi connectivity index (χ0n) is 15.4. The van der Waals surface area contributed by atoms with E-state index in [0.717, 1.165) is 25.9 Å². The summed E-state index contributed by atoms with van der Waals surface area (Å²) >= 11 is 0. The van der Waals surface area contributed by atoms with Gasteiger partial charge in [0.25, 0.3) is 0 Å². The van der Waals surface area contributed by atoms with E-state index in [-0.39, 0.29) is 11.5 Å². The van der Waals surface area contributed by atoms with Crippen LogP contribution in [0, 0.1) is 24.0 Å². The molecular weight excluding hydrogens is 350 g/mol. The molecule has 2 aromatic rings. The lowest BCUT2D eigenvalue weighted by atomic mass is 10.0. The van der Waals surface area contributed by atoms with E-state index < -0.39 is 17.7 Å². The highest BCUT2D eigenvalue weighted by Crippen LogP contribution is 2.54. The molecule has 0 bridgehead atoms. The van der Waals surface area contributed by atoms with E-state index in [9.17, 15) is 13.6 Å². The molecule has 1 aliphatic heterocycles. The molecule has 1 amide bonds. The molecule has 2 aromatic carbocycles. The lowest BCUT2D eigenvalue weighted by Crippen LogP contribution is -2.21. The maximum absolute atomic E-state index is 13.8. The Kier molecular flexibility index (Phi) is 4.38. The zero-order valence-corrected chi connectivity index (χ0v) is 15.4. The third-order valence-electron chi connectivity index (χ3n) is 5.51. The Hall–Kier alpha value is -2.47. The molecule has 1 aliphatic carbocycles. The number of ether oxygens (including phenoxy) is 1. The molecular formula is C21H22F2N2O2. The number of carbonyl (C=O) groups excluding carboxylic acids is 1. The van der Waals surface area contributed by atoms with Crippen LogP contribution in [0.15, 0.2) is 36.4 Å². The molecule has 1 spiro atoms. The van der Waals surface area contributed by atoms with Crippen LogP contribution in [0.25, 0.3) is 11.1 Å². The number of amides is 1. The fourth-order valence-corrected chi connectivity index (χ4v) is 4.04. The first-order valence-corrected chi connectivity index (χ1v) is 9.08. The van der Waals surface area contributed by atoms with E-state index in [4.69, 9.17) is 4.74 Å². The van der Waals surface area contributed by atoms with E-state index in [1.165, 1.54) is 30.3 Å². The summed E-state index contributed by atoms with van der Waals surface area (Å²) in [6.45, 7) is 3.72. The van der Waals surface area contributed by atoms with Gasteiger partial charge in [0.2, 0.25) is 0 Å². The summed E-state index contributed by atoms with van der Waals surface area (Å²) < 4.78 is 33.1. The van der Waals surface area contributed by atoms with Crippen molar-refractivity contribution >= 4 is 11.8 Å². The van der Waals surface area contributed by atoms with Crippen LogP contribution >= 0.6 is 0 Å². The summed E-state index contributed by atoms with van der Waals surface area (Å²) in [5, 5.41) is 2.70. The number of anilines is 1. The van der Waals surface area contributed by atoms with Gasteiger partial charge in [0.05, 0.1) is 5.69 Å². The van der Waals surface area contributed by atoms with Gasteiger partial charge in [0.1, 0.15) is 17.7 Å². The molecule has 4 rings (SSSR count). The second-order valence-corrected chi connectivity index (χ2v) is 7.78. The molecule has 4 nitrogen and oxygen atoms in total. The smallest absolute Gasteiger partial charge is 0.411 e. The predicted molar refractivity (Wildman–Crippen MR) is 99.6 cm³/mol. The minimum Gasteiger partial charge on any atom is -0.445 e. The average Bonchev–Trinajstić information content (AvgIpc) is 3.09. The topological polar surface area (TPSA) is 41.6 Å². The Balaban J connectivity index is 1.51. The van der Waals surface area contributed by atoms with Crippen molar-refractivity contribution in [2.24, 2.45) is 5.41 Å². The van der Waals surface area contributed by atoms with Gasteiger partial charge >= 0.3 is 6.09 Å². The zero-order chi connectivity index (χ0) is 19.2. The van der Waals surface area contributed by atoms with Crippen molar-refractivity contribution < 1.29 is 18.3 Å². The van der Waals surface area contributed by atoms with Crippen LogP contribution in [0.3, 0.4) is 0 Å². The Morgan fingerprint density at radius 1 is 1.22 bits per heavy atom. The first kappa shape index (κ1) is 17.9. The highest BCUT2D eigenvalue weighted by molar-refractivity contribution is 5.91. The molecule has 1 heterocycles. The molecule has 27 heavy (non-hydrogen) atoms. The van der Waals surface area contributed by atoms with Crippen molar-refractivity contribution in [3.05, 3.63) is 53.6 Å². The third-order valence-corrected chi connectivity index (χ3v) is 5.51. The summed E-state index contributed by atoms with van der Waals surface area (Å²) in [5.41, 5.74) is 2.12. The lowest BCUT2D eigenvalue weighted by Gasteiger charge is -2.14. The van der Waals surface area contributed by atoms with Gasteiger partial charge in [-0.1, -0.05) is 6.07 Å². The van der Waals surface area contributed by atoms with Crippen LogP contribution in [0.2, 0.25) is 0 Å². The normalized spacial score (nSPS) is 24.2. The maximum atomic E-state index is 13.8. The molecule has 142 valence electrons. The standard InChI is InChI=1S/C21H22F2N2O2/c1-13-7-14(9-16(23)8-13)17-10-15(22)3-4-18(17)24-20(26)27-19-11-21(19)5-6-25(2)12-21/h3-4,7-10,19H,5-6,11-12H2,1-2H3,(H,24,26)/t19-,21?/m0/s1. The molecule has 2 fully saturated rings. The molecule has 1 saturated heterocycles. The van der Waals surface area contributed by atoms with Crippen molar-refractivity contribution in [2.45, 2.75) is 25.9 Å². The summed E-state index contributed by atoms with van der Waals surface area (Å²) in [6, 6.07) is 8.48. The van der Waals surface area contributed by atoms with E-state index in [2.05, 4.69) is 17.3 Å². The van der Waals surface area contributed by atoms with E-state index in [0.29, 0.717) is 22.4 Å². The van der Waals surface area contributed by atoms with Crippen molar-refractivity contribution in [2.75, 3.05) is 25.5 Å². The Morgan fingerprint density at radius 3 is 2.74 bits per heavy atom. The molecule has 0 aromatic heterocycles. The number of carbonyl (C=O) groups is 1. The van der Waals surface area contributed by atoms with Gasteiger partial charge < -0.3 is 9.64 Å². The van der Waals surface area contributed by atoms with Gasteiger partial charge in [-0.25, -0.2) is 13.6 Å². The number of halogens is 2. The molecule has 1 unspecified atom stereocenters. The number of likely N-dealkylation sites (tertiary alicyclic amines) is 1. The molecule has 6 heteroatoms. The monoisotopic (exact) mass is 372 g/mol. The van der Waals surface area contributed by atoms with Gasteiger partial charge in [0, 0.05) is 17.5 Å². The van der Waals surface area contributed by atoms with E-state index in [1.807, 2.05) is 0 Å². The minimum absolute atomic E-state index is 0.0808. The summed E-state index contributed by atoms with van der Waals surface area (Å²) in [7, 11) is 2.07.